The normalized spacial score (nSPS) is 12.2. The molecule has 1 aromatic rings. The second-order valence-corrected chi connectivity index (χ2v) is 4.53. The van der Waals surface area contributed by atoms with Crippen LogP contribution in [0.4, 0.5) is 0 Å². The van der Waals surface area contributed by atoms with Crippen molar-refractivity contribution in [1.82, 2.24) is 0 Å². The van der Waals surface area contributed by atoms with Gasteiger partial charge in [-0.25, -0.2) is 0 Å². The van der Waals surface area contributed by atoms with E-state index in [0.717, 1.165) is 15.6 Å². The second kappa shape index (κ2) is 6.01. The molecule has 0 radical (unpaired) electrons. The molecule has 0 bridgehead atoms. The summed E-state index contributed by atoms with van der Waals surface area (Å²) in [5, 5.41) is 0. The van der Waals surface area contributed by atoms with Gasteiger partial charge in [-0.1, -0.05) is 28.1 Å². The van der Waals surface area contributed by atoms with Crippen LogP contribution >= 0.6 is 15.9 Å². The summed E-state index contributed by atoms with van der Waals surface area (Å²) in [6.45, 7) is 2.01. The van der Waals surface area contributed by atoms with E-state index in [9.17, 15) is 4.79 Å². The number of carbonyl (C=O) groups excluding carboxylic acids is 1. The van der Waals surface area contributed by atoms with Gasteiger partial charge in [0.1, 0.15) is 0 Å². The number of esters is 1. The van der Waals surface area contributed by atoms with Crippen LogP contribution in [-0.4, -0.2) is 13.1 Å². The number of ether oxygens (including phenoxy) is 1. The van der Waals surface area contributed by atoms with Gasteiger partial charge >= 0.3 is 5.97 Å². The molecule has 0 heterocycles. The van der Waals surface area contributed by atoms with Crippen molar-refractivity contribution in [3.8, 4) is 0 Å². The van der Waals surface area contributed by atoms with Crippen LogP contribution in [0.2, 0.25) is 0 Å². The zero-order chi connectivity index (χ0) is 12.1. The molecule has 0 aromatic heterocycles. The summed E-state index contributed by atoms with van der Waals surface area (Å²) >= 11 is 3.46. The summed E-state index contributed by atoms with van der Waals surface area (Å²) in [6, 6.07) is 5.79. The van der Waals surface area contributed by atoms with Crippen molar-refractivity contribution in [1.29, 1.82) is 0 Å². The Kier molecular flexibility index (Phi) is 4.96. The van der Waals surface area contributed by atoms with Crippen molar-refractivity contribution in [2.75, 3.05) is 7.11 Å². The van der Waals surface area contributed by atoms with E-state index < -0.39 is 0 Å². The fourth-order valence-corrected chi connectivity index (χ4v) is 1.94. The lowest BCUT2D eigenvalue weighted by Gasteiger charge is -2.15. The molecule has 0 fully saturated rings. The minimum absolute atomic E-state index is 0.128. The molecule has 1 aromatic carbocycles. The number of hydrogen-bond acceptors (Lipinski definition) is 3. The first-order valence-corrected chi connectivity index (χ1v) is 5.93. The lowest BCUT2D eigenvalue weighted by Crippen LogP contribution is -2.14. The van der Waals surface area contributed by atoms with E-state index in [4.69, 9.17) is 5.73 Å². The van der Waals surface area contributed by atoms with Crippen molar-refractivity contribution < 1.29 is 9.53 Å². The number of benzene rings is 1. The van der Waals surface area contributed by atoms with Crippen molar-refractivity contribution >= 4 is 21.9 Å². The number of methoxy groups -OCH3 is 1. The smallest absolute Gasteiger partial charge is 0.305 e. The Bertz CT molecular complexity index is 379. The lowest BCUT2D eigenvalue weighted by atomic mass is 9.98. The molecule has 1 atom stereocenters. The fourth-order valence-electron chi connectivity index (χ4n) is 1.56. The largest absolute Gasteiger partial charge is 0.469 e. The quantitative estimate of drug-likeness (QED) is 0.866. The molecule has 2 N–H and O–H groups in total. The van der Waals surface area contributed by atoms with Crippen LogP contribution in [0.1, 0.15) is 30.0 Å². The van der Waals surface area contributed by atoms with Gasteiger partial charge in [0.15, 0.2) is 0 Å². The Hall–Kier alpha value is -0.870. The molecule has 0 saturated carbocycles. The number of hydrogen-bond donors (Lipinski definition) is 1. The van der Waals surface area contributed by atoms with Crippen molar-refractivity contribution in [3.63, 3.8) is 0 Å². The van der Waals surface area contributed by atoms with Crippen molar-refractivity contribution in [2.45, 2.75) is 25.8 Å². The van der Waals surface area contributed by atoms with Crippen LogP contribution in [0.5, 0.6) is 0 Å². The predicted molar refractivity (Wildman–Crippen MR) is 67.1 cm³/mol. The molecule has 0 amide bonds. The Balaban J connectivity index is 2.69. The monoisotopic (exact) mass is 285 g/mol. The fraction of sp³-hybridized carbons (Fsp3) is 0.417. The highest BCUT2D eigenvalue weighted by Crippen LogP contribution is 2.25. The van der Waals surface area contributed by atoms with Gasteiger partial charge in [0.2, 0.25) is 0 Å². The topological polar surface area (TPSA) is 52.3 Å². The number of carbonyl (C=O) groups is 1. The molecule has 88 valence electrons. The summed E-state index contributed by atoms with van der Waals surface area (Å²) in [6.07, 6.45) is 0.952. The first-order chi connectivity index (χ1) is 7.56. The summed E-state index contributed by atoms with van der Waals surface area (Å²) in [4.78, 5) is 11.0. The third kappa shape index (κ3) is 3.32. The summed E-state index contributed by atoms with van der Waals surface area (Å²) in [7, 11) is 1.39. The highest BCUT2D eigenvalue weighted by atomic mass is 79.9. The average molecular weight is 286 g/mol. The molecule has 0 aliphatic rings. The van der Waals surface area contributed by atoms with Gasteiger partial charge in [0.05, 0.1) is 7.11 Å². The van der Waals surface area contributed by atoms with Crippen molar-refractivity contribution in [2.24, 2.45) is 5.73 Å². The van der Waals surface area contributed by atoms with Gasteiger partial charge in [0, 0.05) is 16.9 Å². The average Bonchev–Trinajstić information content (AvgIpc) is 2.29. The van der Waals surface area contributed by atoms with E-state index in [-0.39, 0.29) is 12.0 Å². The molecule has 4 heteroatoms. The lowest BCUT2D eigenvalue weighted by molar-refractivity contribution is -0.140. The Morgan fingerprint density at radius 3 is 2.88 bits per heavy atom. The molecule has 0 spiro atoms. The van der Waals surface area contributed by atoms with E-state index >= 15 is 0 Å². The van der Waals surface area contributed by atoms with Gasteiger partial charge in [0.25, 0.3) is 0 Å². The molecule has 0 aliphatic heterocycles. The van der Waals surface area contributed by atoms with Crippen LogP contribution < -0.4 is 5.73 Å². The molecule has 16 heavy (non-hydrogen) atoms. The summed E-state index contributed by atoms with van der Waals surface area (Å²) < 4.78 is 5.63. The Labute approximate surface area is 104 Å². The minimum atomic E-state index is -0.219. The van der Waals surface area contributed by atoms with Gasteiger partial charge in [-0.2, -0.15) is 0 Å². The van der Waals surface area contributed by atoms with Crippen LogP contribution in [0.15, 0.2) is 22.7 Å². The maximum absolute atomic E-state index is 11.0. The van der Waals surface area contributed by atoms with E-state index in [1.165, 1.54) is 7.11 Å². The highest BCUT2D eigenvalue weighted by molar-refractivity contribution is 9.10. The SMILES string of the molecule is COC(=O)CCC(N)c1cccc(Br)c1C. The summed E-state index contributed by atoms with van der Waals surface area (Å²) in [5.74, 6) is -0.219. The molecular weight excluding hydrogens is 270 g/mol. The molecule has 0 saturated heterocycles. The number of halogens is 1. The molecule has 3 nitrogen and oxygen atoms in total. The van der Waals surface area contributed by atoms with Gasteiger partial charge < -0.3 is 10.5 Å². The second-order valence-electron chi connectivity index (χ2n) is 3.68. The van der Waals surface area contributed by atoms with Gasteiger partial charge in [-0.05, 0) is 30.5 Å². The first kappa shape index (κ1) is 13.2. The number of rotatable bonds is 4. The highest BCUT2D eigenvalue weighted by Gasteiger charge is 2.12. The third-order valence-corrected chi connectivity index (χ3v) is 3.46. The minimum Gasteiger partial charge on any atom is -0.469 e. The first-order valence-electron chi connectivity index (χ1n) is 5.13. The molecule has 1 unspecified atom stereocenters. The zero-order valence-electron chi connectivity index (χ0n) is 9.50. The van der Waals surface area contributed by atoms with Gasteiger partial charge in [-0.15, -0.1) is 0 Å². The standard InChI is InChI=1S/C12H16BrNO2/c1-8-9(4-3-5-10(8)13)11(14)6-7-12(15)16-2/h3-5,11H,6-7,14H2,1-2H3. The van der Waals surface area contributed by atoms with Crippen LogP contribution in [0.25, 0.3) is 0 Å². The summed E-state index contributed by atoms with van der Waals surface area (Å²) in [5.41, 5.74) is 8.23. The number of nitrogens with two attached hydrogens (primary N) is 1. The maximum Gasteiger partial charge on any atom is 0.305 e. The van der Waals surface area contributed by atoms with Crippen LogP contribution in [0, 0.1) is 6.92 Å². The third-order valence-electron chi connectivity index (χ3n) is 2.60. The van der Waals surface area contributed by atoms with Crippen LogP contribution in [-0.2, 0) is 9.53 Å². The van der Waals surface area contributed by atoms with E-state index in [1.807, 2.05) is 25.1 Å². The van der Waals surface area contributed by atoms with E-state index in [0.29, 0.717) is 12.8 Å². The molecular formula is C12H16BrNO2. The zero-order valence-corrected chi connectivity index (χ0v) is 11.1. The van der Waals surface area contributed by atoms with Gasteiger partial charge in [-0.3, -0.25) is 4.79 Å². The molecule has 0 aliphatic carbocycles. The Morgan fingerprint density at radius 2 is 2.25 bits per heavy atom. The molecule has 1 rings (SSSR count). The Morgan fingerprint density at radius 1 is 1.56 bits per heavy atom. The van der Waals surface area contributed by atoms with E-state index in [2.05, 4.69) is 20.7 Å². The van der Waals surface area contributed by atoms with Crippen LogP contribution in [0.3, 0.4) is 0 Å². The predicted octanol–water partition coefficient (Wildman–Crippen LogP) is 2.71. The van der Waals surface area contributed by atoms with Crippen molar-refractivity contribution in [3.05, 3.63) is 33.8 Å². The van der Waals surface area contributed by atoms with E-state index in [1.54, 1.807) is 0 Å². The maximum atomic E-state index is 11.0.